The summed E-state index contributed by atoms with van der Waals surface area (Å²) in [6, 6.07) is 19.8. The van der Waals surface area contributed by atoms with Crippen molar-refractivity contribution in [1.29, 1.82) is 0 Å². The summed E-state index contributed by atoms with van der Waals surface area (Å²) < 4.78 is 13.3. The van der Waals surface area contributed by atoms with Gasteiger partial charge in [0.25, 0.3) is 5.91 Å². The number of benzene rings is 2. The van der Waals surface area contributed by atoms with Crippen molar-refractivity contribution in [3.05, 3.63) is 83.7 Å². The molecule has 33 heavy (non-hydrogen) atoms. The van der Waals surface area contributed by atoms with Gasteiger partial charge in [-0.05, 0) is 66.9 Å². The first-order valence-electron chi connectivity index (χ1n) is 11.9. The van der Waals surface area contributed by atoms with Gasteiger partial charge in [-0.25, -0.2) is 0 Å². The van der Waals surface area contributed by atoms with Gasteiger partial charge in [-0.15, -0.1) is 0 Å². The molecule has 1 amide bonds. The van der Waals surface area contributed by atoms with Gasteiger partial charge < -0.3 is 18.9 Å². The van der Waals surface area contributed by atoms with Gasteiger partial charge >= 0.3 is 0 Å². The SMILES string of the molecule is CCCCOc1ccc(C(=O)N(CCCC)Cc2cccn2Cc2cccc(OC)c2)cc1. The highest BCUT2D eigenvalue weighted by Crippen LogP contribution is 2.19. The van der Waals surface area contributed by atoms with Crippen LogP contribution in [0.1, 0.15) is 61.1 Å². The van der Waals surface area contributed by atoms with Gasteiger partial charge in [-0.1, -0.05) is 38.8 Å². The Morgan fingerprint density at radius 1 is 0.939 bits per heavy atom. The summed E-state index contributed by atoms with van der Waals surface area (Å²) in [5, 5.41) is 0. The zero-order valence-electron chi connectivity index (χ0n) is 20.1. The van der Waals surface area contributed by atoms with Crippen molar-refractivity contribution in [1.82, 2.24) is 9.47 Å². The predicted molar refractivity (Wildman–Crippen MR) is 133 cm³/mol. The number of carbonyl (C=O) groups is 1. The maximum atomic E-state index is 13.4. The average molecular weight is 449 g/mol. The molecule has 0 fully saturated rings. The van der Waals surface area contributed by atoms with Gasteiger partial charge in [0.1, 0.15) is 11.5 Å². The highest BCUT2D eigenvalue weighted by Gasteiger charge is 2.17. The van der Waals surface area contributed by atoms with E-state index in [1.807, 2.05) is 53.4 Å². The highest BCUT2D eigenvalue weighted by molar-refractivity contribution is 5.94. The Morgan fingerprint density at radius 2 is 1.73 bits per heavy atom. The van der Waals surface area contributed by atoms with E-state index in [1.54, 1.807) is 7.11 Å². The lowest BCUT2D eigenvalue weighted by atomic mass is 10.1. The molecule has 0 aliphatic carbocycles. The molecular formula is C28H36N2O3. The molecule has 5 heteroatoms. The number of aromatic nitrogens is 1. The Balaban J connectivity index is 1.72. The van der Waals surface area contributed by atoms with E-state index in [0.29, 0.717) is 18.7 Å². The van der Waals surface area contributed by atoms with Gasteiger partial charge in [-0.3, -0.25) is 4.79 Å². The molecule has 0 radical (unpaired) electrons. The smallest absolute Gasteiger partial charge is 0.254 e. The van der Waals surface area contributed by atoms with Crippen LogP contribution in [0.25, 0.3) is 0 Å². The van der Waals surface area contributed by atoms with Gasteiger partial charge in [0.05, 0.1) is 20.3 Å². The van der Waals surface area contributed by atoms with Crippen molar-refractivity contribution in [3.8, 4) is 11.5 Å². The van der Waals surface area contributed by atoms with E-state index in [2.05, 4.69) is 36.7 Å². The second kappa shape index (κ2) is 12.7. The Kier molecular flexibility index (Phi) is 9.43. The number of ether oxygens (including phenoxy) is 2. The summed E-state index contributed by atoms with van der Waals surface area (Å²) in [5.74, 6) is 1.72. The molecule has 1 heterocycles. The molecular weight excluding hydrogens is 412 g/mol. The van der Waals surface area contributed by atoms with E-state index in [1.165, 1.54) is 0 Å². The van der Waals surface area contributed by atoms with E-state index in [-0.39, 0.29) is 5.91 Å². The molecule has 0 aliphatic heterocycles. The van der Waals surface area contributed by atoms with Crippen LogP contribution in [0.4, 0.5) is 0 Å². The van der Waals surface area contributed by atoms with Crippen molar-refractivity contribution in [2.45, 2.75) is 52.6 Å². The molecule has 176 valence electrons. The maximum Gasteiger partial charge on any atom is 0.254 e. The normalized spacial score (nSPS) is 10.8. The minimum absolute atomic E-state index is 0.0534. The second-order valence-electron chi connectivity index (χ2n) is 8.29. The lowest BCUT2D eigenvalue weighted by Crippen LogP contribution is -2.32. The number of carbonyl (C=O) groups excluding carboxylic acids is 1. The first-order valence-corrected chi connectivity index (χ1v) is 11.9. The third-order valence-electron chi connectivity index (χ3n) is 5.70. The fourth-order valence-electron chi connectivity index (χ4n) is 3.72. The van der Waals surface area contributed by atoms with Crippen LogP contribution in [0.5, 0.6) is 11.5 Å². The van der Waals surface area contributed by atoms with Crippen LogP contribution in [-0.4, -0.2) is 35.6 Å². The third kappa shape index (κ3) is 7.14. The van der Waals surface area contributed by atoms with E-state index >= 15 is 0 Å². The van der Waals surface area contributed by atoms with Crippen molar-refractivity contribution in [2.24, 2.45) is 0 Å². The van der Waals surface area contributed by atoms with Crippen molar-refractivity contribution >= 4 is 5.91 Å². The van der Waals surface area contributed by atoms with E-state index in [0.717, 1.165) is 61.5 Å². The van der Waals surface area contributed by atoms with Gasteiger partial charge in [-0.2, -0.15) is 0 Å². The summed E-state index contributed by atoms with van der Waals surface area (Å²) in [6.07, 6.45) is 6.21. The molecule has 0 aliphatic rings. The second-order valence-corrected chi connectivity index (χ2v) is 8.29. The first kappa shape index (κ1) is 24.4. The molecule has 3 rings (SSSR count). The predicted octanol–water partition coefficient (Wildman–Crippen LogP) is 6.17. The summed E-state index contributed by atoms with van der Waals surface area (Å²) in [6.45, 7) is 7.04. The Bertz CT molecular complexity index is 994. The fourth-order valence-corrected chi connectivity index (χ4v) is 3.72. The van der Waals surface area contributed by atoms with Crippen molar-refractivity contribution in [2.75, 3.05) is 20.3 Å². The zero-order chi connectivity index (χ0) is 23.5. The number of rotatable bonds is 13. The van der Waals surface area contributed by atoms with Crippen molar-refractivity contribution < 1.29 is 14.3 Å². The number of nitrogens with zero attached hydrogens (tertiary/aromatic N) is 2. The number of methoxy groups -OCH3 is 1. The van der Waals surface area contributed by atoms with Crippen molar-refractivity contribution in [3.63, 3.8) is 0 Å². The summed E-state index contributed by atoms with van der Waals surface area (Å²) >= 11 is 0. The summed E-state index contributed by atoms with van der Waals surface area (Å²) in [5.41, 5.74) is 2.97. The fraction of sp³-hybridized carbons (Fsp3) is 0.393. The molecule has 3 aromatic rings. The van der Waals surface area contributed by atoms with Crippen LogP contribution in [-0.2, 0) is 13.1 Å². The van der Waals surface area contributed by atoms with Crippen LogP contribution in [0.15, 0.2) is 66.9 Å². The summed E-state index contributed by atoms with van der Waals surface area (Å²) in [4.78, 5) is 15.3. The highest BCUT2D eigenvalue weighted by atomic mass is 16.5. The topological polar surface area (TPSA) is 43.7 Å². The quantitative estimate of drug-likeness (QED) is 0.294. The van der Waals surface area contributed by atoms with Gasteiger partial charge in [0, 0.05) is 30.5 Å². The first-order chi connectivity index (χ1) is 16.1. The molecule has 0 saturated heterocycles. The maximum absolute atomic E-state index is 13.4. The Hall–Kier alpha value is -3.21. The molecule has 0 bridgehead atoms. The number of unbranched alkanes of at least 4 members (excludes halogenated alkanes) is 2. The van der Waals surface area contributed by atoms with Crippen LogP contribution >= 0.6 is 0 Å². The lowest BCUT2D eigenvalue weighted by Gasteiger charge is -2.24. The lowest BCUT2D eigenvalue weighted by molar-refractivity contribution is 0.0737. The number of amides is 1. The number of hydrogen-bond donors (Lipinski definition) is 0. The zero-order valence-corrected chi connectivity index (χ0v) is 20.1. The van der Waals surface area contributed by atoms with Gasteiger partial charge in [0.15, 0.2) is 0 Å². The minimum Gasteiger partial charge on any atom is -0.497 e. The van der Waals surface area contributed by atoms with E-state index in [9.17, 15) is 4.79 Å². The van der Waals surface area contributed by atoms with Crippen LogP contribution in [0.3, 0.4) is 0 Å². The minimum atomic E-state index is 0.0534. The summed E-state index contributed by atoms with van der Waals surface area (Å²) in [7, 11) is 1.68. The number of hydrogen-bond acceptors (Lipinski definition) is 3. The molecule has 0 atom stereocenters. The van der Waals surface area contributed by atoms with Crippen LogP contribution in [0.2, 0.25) is 0 Å². The molecule has 2 aromatic carbocycles. The third-order valence-corrected chi connectivity index (χ3v) is 5.70. The molecule has 5 nitrogen and oxygen atoms in total. The monoisotopic (exact) mass is 448 g/mol. The Morgan fingerprint density at radius 3 is 2.45 bits per heavy atom. The molecule has 0 saturated carbocycles. The van der Waals surface area contributed by atoms with Gasteiger partial charge in [0.2, 0.25) is 0 Å². The average Bonchev–Trinajstić information content (AvgIpc) is 3.28. The van der Waals surface area contributed by atoms with E-state index < -0.39 is 0 Å². The largest absolute Gasteiger partial charge is 0.497 e. The molecule has 1 aromatic heterocycles. The molecule has 0 unspecified atom stereocenters. The van der Waals surface area contributed by atoms with E-state index in [4.69, 9.17) is 9.47 Å². The Labute approximate surface area is 197 Å². The molecule has 0 N–H and O–H groups in total. The molecule has 0 spiro atoms. The standard InChI is InChI=1S/C28H36N2O3/c1-4-6-17-30(28(31)24-13-15-26(16-14-24)33-19-7-5-2)22-25-11-9-18-29(25)21-23-10-8-12-27(20-23)32-3/h8-16,18,20H,4-7,17,19,21-22H2,1-3H3. The van der Waals surface area contributed by atoms with Crippen LogP contribution in [0, 0.1) is 0 Å². The van der Waals surface area contributed by atoms with Crippen LogP contribution < -0.4 is 9.47 Å².